The van der Waals surface area contributed by atoms with Crippen molar-refractivity contribution in [2.24, 2.45) is 29.4 Å². The summed E-state index contributed by atoms with van der Waals surface area (Å²) in [5.74, 6) is 1.73. The van der Waals surface area contributed by atoms with Crippen molar-refractivity contribution in [3.8, 4) is 5.75 Å². The zero-order valence-electron chi connectivity index (χ0n) is 17.5. The molecule has 0 saturated heterocycles. The molecular formula is C22H33N3O3. The van der Waals surface area contributed by atoms with Gasteiger partial charge < -0.3 is 10.5 Å². The highest BCUT2D eigenvalue weighted by molar-refractivity contribution is 5.92. The summed E-state index contributed by atoms with van der Waals surface area (Å²) in [5, 5.41) is 0. The molecule has 1 aromatic heterocycles. The van der Waals surface area contributed by atoms with Gasteiger partial charge in [0.15, 0.2) is 0 Å². The van der Waals surface area contributed by atoms with Crippen molar-refractivity contribution in [1.29, 1.82) is 0 Å². The molecule has 0 amide bonds. The molecule has 1 fully saturated rings. The van der Waals surface area contributed by atoms with Crippen LogP contribution in [0.3, 0.4) is 0 Å². The lowest BCUT2D eigenvalue weighted by Gasteiger charge is -2.36. The van der Waals surface area contributed by atoms with E-state index in [9.17, 15) is 9.59 Å². The summed E-state index contributed by atoms with van der Waals surface area (Å²) in [5.41, 5.74) is 6.80. The normalized spacial score (nSPS) is 22.7. The molecule has 154 valence electrons. The second-order valence-electron chi connectivity index (χ2n) is 8.41. The van der Waals surface area contributed by atoms with Crippen LogP contribution in [0, 0.1) is 23.7 Å². The molecule has 0 aliphatic heterocycles. The van der Waals surface area contributed by atoms with Gasteiger partial charge in [0.25, 0.3) is 0 Å². The lowest BCUT2D eigenvalue weighted by atomic mass is 9.69. The van der Waals surface area contributed by atoms with Gasteiger partial charge in [0.1, 0.15) is 5.75 Å². The van der Waals surface area contributed by atoms with Crippen molar-refractivity contribution in [3.63, 3.8) is 0 Å². The number of benzene rings is 1. The number of ether oxygens (including phenoxy) is 1. The third-order valence-corrected chi connectivity index (χ3v) is 6.12. The first kappa shape index (κ1) is 20.6. The average Bonchev–Trinajstić information content (AvgIpc) is 2.93. The Kier molecular flexibility index (Phi) is 6.28. The Bertz CT molecular complexity index is 896. The molecule has 3 atom stereocenters. The lowest BCUT2D eigenvalue weighted by molar-refractivity contribution is 0.0633. The number of rotatable bonds is 6. The van der Waals surface area contributed by atoms with Gasteiger partial charge in [-0.25, -0.2) is 9.36 Å². The SMILES string of the molecule is CCOc1ccc2c(c1)n(CCN)c(=O)n2C(=O)[C@@H]1C[C@H](C)CC[C@H]1C(C)C. The van der Waals surface area contributed by atoms with Crippen molar-refractivity contribution in [3.05, 3.63) is 28.7 Å². The molecule has 0 radical (unpaired) electrons. The Morgan fingerprint density at radius 2 is 2.04 bits per heavy atom. The standard InChI is InChI=1S/C22H33N3O3/c1-5-28-16-7-9-19-20(13-16)24(11-10-23)22(27)25(19)21(26)18-12-15(4)6-8-17(18)14(2)3/h7,9,13-15,17-18H,5-6,8,10-12,23H2,1-4H3/t15-,17+,18-/m1/s1. The van der Waals surface area contributed by atoms with E-state index in [2.05, 4.69) is 20.8 Å². The smallest absolute Gasteiger partial charge is 0.336 e. The predicted molar refractivity (Wildman–Crippen MR) is 112 cm³/mol. The lowest BCUT2D eigenvalue weighted by Crippen LogP contribution is -2.40. The number of nitrogens with zero attached hydrogens (tertiary/aromatic N) is 2. The van der Waals surface area contributed by atoms with Gasteiger partial charge in [-0.2, -0.15) is 0 Å². The minimum Gasteiger partial charge on any atom is -0.494 e. The highest BCUT2D eigenvalue weighted by Crippen LogP contribution is 2.39. The Morgan fingerprint density at radius 1 is 1.29 bits per heavy atom. The molecule has 3 rings (SSSR count). The molecule has 1 aliphatic rings. The zero-order valence-corrected chi connectivity index (χ0v) is 17.5. The number of nitrogens with two attached hydrogens (primary N) is 1. The van der Waals surface area contributed by atoms with Crippen LogP contribution in [0.4, 0.5) is 0 Å². The predicted octanol–water partition coefficient (Wildman–Crippen LogP) is 3.51. The van der Waals surface area contributed by atoms with Crippen LogP contribution < -0.4 is 16.2 Å². The maximum absolute atomic E-state index is 13.6. The van der Waals surface area contributed by atoms with Crippen molar-refractivity contribution in [1.82, 2.24) is 9.13 Å². The van der Waals surface area contributed by atoms with Gasteiger partial charge in [-0.1, -0.05) is 27.2 Å². The summed E-state index contributed by atoms with van der Waals surface area (Å²) in [6, 6.07) is 5.48. The van der Waals surface area contributed by atoms with E-state index in [-0.39, 0.29) is 17.5 Å². The number of carbonyl (C=O) groups excluding carboxylic acids is 1. The van der Waals surface area contributed by atoms with Gasteiger partial charge in [-0.15, -0.1) is 0 Å². The molecule has 0 spiro atoms. The van der Waals surface area contributed by atoms with Gasteiger partial charge in [0.2, 0.25) is 5.91 Å². The first-order valence-corrected chi connectivity index (χ1v) is 10.5. The second kappa shape index (κ2) is 8.52. The summed E-state index contributed by atoms with van der Waals surface area (Å²) in [6.07, 6.45) is 3.03. The fourth-order valence-electron chi connectivity index (χ4n) is 4.70. The maximum atomic E-state index is 13.6. The van der Waals surface area contributed by atoms with Gasteiger partial charge in [0, 0.05) is 25.1 Å². The summed E-state index contributed by atoms with van der Waals surface area (Å²) in [4.78, 5) is 26.8. The molecule has 6 nitrogen and oxygen atoms in total. The van der Waals surface area contributed by atoms with Crippen molar-refractivity contribution >= 4 is 16.9 Å². The van der Waals surface area contributed by atoms with E-state index < -0.39 is 0 Å². The quantitative estimate of drug-likeness (QED) is 0.823. The van der Waals surface area contributed by atoms with Crippen LogP contribution in [0.15, 0.2) is 23.0 Å². The van der Waals surface area contributed by atoms with Crippen molar-refractivity contribution in [2.75, 3.05) is 13.2 Å². The zero-order chi connectivity index (χ0) is 20.4. The fraction of sp³-hybridized carbons (Fsp3) is 0.636. The van der Waals surface area contributed by atoms with Crippen LogP contribution in [0.5, 0.6) is 5.75 Å². The van der Waals surface area contributed by atoms with Crippen molar-refractivity contribution < 1.29 is 9.53 Å². The van der Waals surface area contributed by atoms with E-state index in [0.717, 1.165) is 19.3 Å². The largest absolute Gasteiger partial charge is 0.494 e. The topological polar surface area (TPSA) is 79.2 Å². The molecule has 1 aromatic carbocycles. The highest BCUT2D eigenvalue weighted by Gasteiger charge is 2.37. The minimum absolute atomic E-state index is 0.0693. The van der Waals surface area contributed by atoms with E-state index in [4.69, 9.17) is 10.5 Å². The number of imidazole rings is 1. The Balaban J connectivity index is 2.12. The molecule has 0 unspecified atom stereocenters. The van der Waals surface area contributed by atoms with Crippen LogP contribution in [0.25, 0.3) is 11.0 Å². The highest BCUT2D eigenvalue weighted by atomic mass is 16.5. The van der Waals surface area contributed by atoms with Crippen molar-refractivity contribution in [2.45, 2.75) is 53.5 Å². The minimum atomic E-state index is -0.292. The Morgan fingerprint density at radius 3 is 2.68 bits per heavy atom. The van der Waals surface area contributed by atoms with Gasteiger partial charge in [-0.3, -0.25) is 9.36 Å². The summed E-state index contributed by atoms with van der Waals surface area (Å²) in [6.45, 7) is 9.72. The molecule has 1 aliphatic carbocycles. The molecule has 0 bridgehead atoms. The third kappa shape index (κ3) is 3.75. The van der Waals surface area contributed by atoms with E-state index >= 15 is 0 Å². The van der Waals surface area contributed by atoms with E-state index in [1.54, 1.807) is 4.57 Å². The van der Waals surface area contributed by atoms with Crippen LogP contribution >= 0.6 is 0 Å². The fourth-order valence-corrected chi connectivity index (χ4v) is 4.70. The van der Waals surface area contributed by atoms with E-state index in [1.807, 2.05) is 25.1 Å². The maximum Gasteiger partial charge on any atom is 0.336 e. The second-order valence-corrected chi connectivity index (χ2v) is 8.41. The molecule has 6 heteroatoms. The molecule has 28 heavy (non-hydrogen) atoms. The average molecular weight is 388 g/mol. The molecule has 1 heterocycles. The van der Waals surface area contributed by atoms with Crippen LogP contribution in [0.1, 0.15) is 51.8 Å². The summed E-state index contributed by atoms with van der Waals surface area (Å²) < 4.78 is 8.59. The molecule has 2 N–H and O–H groups in total. The molecular weight excluding hydrogens is 354 g/mol. The summed E-state index contributed by atoms with van der Waals surface area (Å²) in [7, 11) is 0. The van der Waals surface area contributed by atoms with Crippen LogP contribution in [-0.4, -0.2) is 28.2 Å². The number of carbonyl (C=O) groups is 1. The van der Waals surface area contributed by atoms with Gasteiger partial charge >= 0.3 is 5.69 Å². The first-order chi connectivity index (χ1) is 13.4. The third-order valence-electron chi connectivity index (χ3n) is 6.12. The van der Waals surface area contributed by atoms with Gasteiger partial charge in [-0.05, 0) is 49.7 Å². The number of fused-ring (bicyclic) bond motifs is 1. The number of hydrogen-bond donors (Lipinski definition) is 1. The molecule has 1 saturated carbocycles. The Hall–Kier alpha value is -2.08. The van der Waals surface area contributed by atoms with E-state index in [1.165, 1.54) is 4.57 Å². The van der Waals surface area contributed by atoms with Crippen LogP contribution in [-0.2, 0) is 6.54 Å². The van der Waals surface area contributed by atoms with E-state index in [0.29, 0.717) is 54.2 Å². The monoisotopic (exact) mass is 387 g/mol. The number of aromatic nitrogens is 2. The summed E-state index contributed by atoms with van der Waals surface area (Å²) >= 11 is 0. The Labute approximate surface area is 166 Å². The van der Waals surface area contributed by atoms with Gasteiger partial charge in [0.05, 0.1) is 17.6 Å². The number of hydrogen-bond acceptors (Lipinski definition) is 4. The molecule has 2 aromatic rings. The van der Waals surface area contributed by atoms with Crippen LogP contribution in [0.2, 0.25) is 0 Å². The first-order valence-electron chi connectivity index (χ1n) is 10.5.